The fourth-order valence-corrected chi connectivity index (χ4v) is 2.22. The Morgan fingerprint density at radius 2 is 2.27 bits per heavy atom. The molecular weight excluding hydrogens is 192 g/mol. The van der Waals surface area contributed by atoms with Crippen molar-refractivity contribution in [2.45, 2.75) is 38.0 Å². The molecule has 2 rings (SSSR count). The van der Waals surface area contributed by atoms with Crippen molar-refractivity contribution in [3.8, 4) is 0 Å². The molecule has 2 N–H and O–H groups in total. The van der Waals surface area contributed by atoms with E-state index in [0.29, 0.717) is 6.04 Å². The fraction of sp³-hybridized carbons (Fsp3) is 1.00. The highest BCUT2D eigenvalue weighted by Gasteiger charge is 2.19. The van der Waals surface area contributed by atoms with E-state index in [1.807, 2.05) is 0 Å². The number of ether oxygens (including phenoxy) is 2. The highest BCUT2D eigenvalue weighted by Crippen LogP contribution is 2.14. The van der Waals surface area contributed by atoms with Crippen molar-refractivity contribution in [1.29, 1.82) is 0 Å². The van der Waals surface area contributed by atoms with Crippen molar-refractivity contribution in [3.63, 3.8) is 0 Å². The molecule has 0 amide bonds. The molecule has 4 nitrogen and oxygen atoms in total. The van der Waals surface area contributed by atoms with Crippen LogP contribution in [0.25, 0.3) is 0 Å². The van der Waals surface area contributed by atoms with Crippen molar-refractivity contribution in [2.24, 2.45) is 5.73 Å². The first-order valence-electron chi connectivity index (χ1n) is 6.06. The second-order valence-corrected chi connectivity index (χ2v) is 4.52. The summed E-state index contributed by atoms with van der Waals surface area (Å²) in [5, 5.41) is 0. The second-order valence-electron chi connectivity index (χ2n) is 4.52. The Morgan fingerprint density at radius 1 is 1.33 bits per heavy atom. The second kappa shape index (κ2) is 5.80. The monoisotopic (exact) mass is 214 g/mol. The quantitative estimate of drug-likeness (QED) is 0.743. The van der Waals surface area contributed by atoms with Gasteiger partial charge in [-0.3, -0.25) is 4.90 Å². The van der Waals surface area contributed by atoms with Gasteiger partial charge in [-0.05, 0) is 32.2 Å². The molecule has 0 aromatic heterocycles. The molecule has 0 radical (unpaired) electrons. The normalized spacial score (nSPS) is 33.4. The van der Waals surface area contributed by atoms with Crippen LogP contribution in [-0.4, -0.2) is 50.1 Å². The Labute approximate surface area is 91.7 Å². The molecule has 2 aliphatic rings. The standard InChI is InChI=1S/C11H22N2O2/c12-10-4-5-13(9-10)6-8-15-11-3-1-2-7-14-11/h10-11H,1-9,12H2/t10-,11?/m1/s1. The van der Waals surface area contributed by atoms with E-state index in [0.717, 1.165) is 45.7 Å². The number of rotatable bonds is 4. The molecule has 15 heavy (non-hydrogen) atoms. The summed E-state index contributed by atoms with van der Waals surface area (Å²) in [5.41, 5.74) is 5.83. The van der Waals surface area contributed by atoms with Gasteiger partial charge in [0.05, 0.1) is 6.61 Å². The zero-order chi connectivity index (χ0) is 10.5. The lowest BCUT2D eigenvalue weighted by Gasteiger charge is -2.24. The van der Waals surface area contributed by atoms with E-state index in [1.54, 1.807) is 0 Å². The lowest BCUT2D eigenvalue weighted by Crippen LogP contribution is -2.31. The van der Waals surface area contributed by atoms with Gasteiger partial charge in [-0.25, -0.2) is 0 Å². The number of likely N-dealkylation sites (tertiary alicyclic amines) is 1. The van der Waals surface area contributed by atoms with Crippen molar-refractivity contribution >= 4 is 0 Å². The van der Waals surface area contributed by atoms with E-state index in [-0.39, 0.29) is 6.29 Å². The molecule has 0 aromatic carbocycles. The summed E-state index contributed by atoms with van der Waals surface area (Å²) in [7, 11) is 0. The first-order chi connectivity index (χ1) is 7.34. The predicted molar refractivity (Wildman–Crippen MR) is 58.6 cm³/mol. The van der Waals surface area contributed by atoms with Crippen LogP contribution in [0.3, 0.4) is 0 Å². The smallest absolute Gasteiger partial charge is 0.157 e. The van der Waals surface area contributed by atoms with E-state index in [1.165, 1.54) is 12.8 Å². The number of hydrogen-bond donors (Lipinski definition) is 1. The van der Waals surface area contributed by atoms with Gasteiger partial charge in [0.1, 0.15) is 0 Å². The summed E-state index contributed by atoms with van der Waals surface area (Å²) in [6, 6.07) is 0.371. The number of nitrogens with zero attached hydrogens (tertiary/aromatic N) is 1. The van der Waals surface area contributed by atoms with Gasteiger partial charge >= 0.3 is 0 Å². The van der Waals surface area contributed by atoms with Gasteiger partial charge in [0.2, 0.25) is 0 Å². The Morgan fingerprint density at radius 3 is 2.93 bits per heavy atom. The summed E-state index contributed by atoms with van der Waals surface area (Å²) in [5.74, 6) is 0. The largest absolute Gasteiger partial charge is 0.353 e. The molecular formula is C11H22N2O2. The van der Waals surface area contributed by atoms with Crippen LogP contribution in [0.1, 0.15) is 25.7 Å². The van der Waals surface area contributed by atoms with E-state index >= 15 is 0 Å². The predicted octanol–water partition coefficient (Wildman–Crippen LogP) is 0.563. The fourth-order valence-electron chi connectivity index (χ4n) is 2.22. The summed E-state index contributed by atoms with van der Waals surface area (Å²) in [4.78, 5) is 2.37. The number of nitrogens with two attached hydrogens (primary N) is 1. The first kappa shape index (κ1) is 11.3. The van der Waals surface area contributed by atoms with Gasteiger partial charge in [-0.1, -0.05) is 0 Å². The van der Waals surface area contributed by atoms with Crippen molar-refractivity contribution in [1.82, 2.24) is 4.90 Å². The molecule has 0 saturated carbocycles. The molecule has 0 aliphatic carbocycles. The Hall–Kier alpha value is -0.160. The van der Waals surface area contributed by atoms with Crippen LogP contribution in [-0.2, 0) is 9.47 Å². The molecule has 1 unspecified atom stereocenters. The molecule has 2 heterocycles. The van der Waals surface area contributed by atoms with E-state index < -0.39 is 0 Å². The van der Waals surface area contributed by atoms with Crippen LogP contribution in [0.2, 0.25) is 0 Å². The average Bonchev–Trinajstić information content (AvgIpc) is 2.66. The molecule has 2 aliphatic heterocycles. The zero-order valence-electron chi connectivity index (χ0n) is 9.36. The van der Waals surface area contributed by atoms with Crippen LogP contribution in [0.4, 0.5) is 0 Å². The minimum Gasteiger partial charge on any atom is -0.353 e. The average molecular weight is 214 g/mol. The number of hydrogen-bond acceptors (Lipinski definition) is 4. The van der Waals surface area contributed by atoms with Gasteiger partial charge in [-0.2, -0.15) is 0 Å². The minimum atomic E-state index is 0.0510. The summed E-state index contributed by atoms with van der Waals surface area (Å²) >= 11 is 0. The summed E-state index contributed by atoms with van der Waals surface area (Å²) < 4.78 is 11.2. The molecule has 88 valence electrons. The topological polar surface area (TPSA) is 47.7 Å². The van der Waals surface area contributed by atoms with E-state index in [2.05, 4.69) is 4.90 Å². The molecule has 2 saturated heterocycles. The maximum absolute atomic E-state index is 5.83. The van der Waals surface area contributed by atoms with Crippen LogP contribution in [0, 0.1) is 0 Å². The van der Waals surface area contributed by atoms with Gasteiger partial charge in [0.15, 0.2) is 6.29 Å². The van der Waals surface area contributed by atoms with Gasteiger partial charge in [-0.15, -0.1) is 0 Å². The highest BCUT2D eigenvalue weighted by molar-refractivity contribution is 4.77. The Balaban J connectivity index is 1.54. The van der Waals surface area contributed by atoms with E-state index in [4.69, 9.17) is 15.2 Å². The molecule has 0 aromatic rings. The highest BCUT2D eigenvalue weighted by atomic mass is 16.7. The van der Waals surface area contributed by atoms with Crippen LogP contribution < -0.4 is 5.73 Å². The van der Waals surface area contributed by atoms with Crippen molar-refractivity contribution in [3.05, 3.63) is 0 Å². The maximum Gasteiger partial charge on any atom is 0.157 e. The summed E-state index contributed by atoms with van der Waals surface area (Å²) in [6.07, 6.45) is 4.65. The maximum atomic E-state index is 5.83. The molecule has 2 atom stereocenters. The molecule has 0 bridgehead atoms. The van der Waals surface area contributed by atoms with Crippen LogP contribution in [0.15, 0.2) is 0 Å². The molecule has 0 spiro atoms. The third-order valence-corrected chi connectivity index (χ3v) is 3.16. The third-order valence-electron chi connectivity index (χ3n) is 3.16. The van der Waals surface area contributed by atoms with Crippen LogP contribution in [0.5, 0.6) is 0 Å². The Kier molecular flexibility index (Phi) is 4.38. The third kappa shape index (κ3) is 3.72. The lowest BCUT2D eigenvalue weighted by molar-refractivity contribution is -0.163. The van der Waals surface area contributed by atoms with Crippen molar-refractivity contribution in [2.75, 3.05) is 32.8 Å². The molecule has 2 fully saturated rings. The van der Waals surface area contributed by atoms with E-state index in [9.17, 15) is 0 Å². The van der Waals surface area contributed by atoms with Crippen LogP contribution >= 0.6 is 0 Å². The van der Waals surface area contributed by atoms with Gasteiger partial charge in [0, 0.05) is 25.7 Å². The van der Waals surface area contributed by atoms with Crippen molar-refractivity contribution < 1.29 is 9.47 Å². The summed E-state index contributed by atoms with van der Waals surface area (Å²) in [6.45, 7) is 4.77. The SMILES string of the molecule is N[C@@H]1CCN(CCOC2CCCCO2)C1. The van der Waals surface area contributed by atoms with Gasteiger partial charge in [0.25, 0.3) is 0 Å². The lowest BCUT2D eigenvalue weighted by atomic mass is 10.2. The Bertz CT molecular complexity index is 179. The first-order valence-corrected chi connectivity index (χ1v) is 6.06. The minimum absolute atomic E-state index is 0.0510. The van der Waals surface area contributed by atoms with Gasteiger partial charge < -0.3 is 15.2 Å². The molecule has 4 heteroatoms. The zero-order valence-corrected chi connectivity index (χ0v) is 9.36.